The molecule has 8 heteroatoms. The number of benzene rings is 2. The molecule has 0 bridgehead atoms. The Hall–Kier alpha value is -3.07. The molecule has 0 unspecified atom stereocenters. The summed E-state index contributed by atoms with van der Waals surface area (Å²) in [6, 6.07) is 10.2. The Balaban J connectivity index is 1.89. The maximum absolute atomic E-state index is 13.1. The minimum atomic E-state index is -0.188. The Kier molecular flexibility index (Phi) is 7.67. The van der Waals surface area contributed by atoms with E-state index in [1.165, 1.54) is 13.4 Å². The number of ether oxygens (including phenoxy) is 6. The van der Waals surface area contributed by atoms with Crippen LogP contribution in [0.1, 0.15) is 0 Å². The predicted octanol–water partition coefficient (Wildman–Crippen LogP) is 3.45. The number of hydrogen-bond donors (Lipinski definition) is 0. The molecule has 8 nitrogen and oxygen atoms in total. The summed E-state index contributed by atoms with van der Waals surface area (Å²) in [6.07, 6.45) is 1.41. The van der Waals surface area contributed by atoms with E-state index in [0.717, 1.165) is 0 Å². The van der Waals surface area contributed by atoms with Crippen molar-refractivity contribution >= 4 is 11.0 Å². The van der Waals surface area contributed by atoms with Crippen LogP contribution in [0.2, 0.25) is 0 Å². The highest BCUT2D eigenvalue weighted by atomic mass is 16.7. The molecule has 0 atom stereocenters. The molecule has 30 heavy (non-hydrogen) atoms. The van der Waals surface area contributed by atoms with Crippen LogP contribution in [0.15, 0.2) is 51.9 Å². The van der Waals surface area contributed by atoms with Crippen molar-refractivity contribution in [2.75, 3.05) is 48.1 Å². The highest BCUT2D eigenvalue weighted by molar-refractivity contribution is 5.84. The largest absolute Gasteiger partial charge is 0.497 e. The topological polar surface area (TPSA) is 85.6 Å². The lowest BCUT2D eigenvalue weighted by molar-refractivity contribution is -0.00843. The number of fused-ring (bicyclic) bond motifs is 1. The van der Waals surface area contributed by atoms with Crippen LogP contribution in [0, 0.1) is 0 Å². The minimum Gasteiger partial charge on any atom is -0.497 e. The van der Waals surface area contributed by atoms with E-state index in [2.05, 4.69) is 0 Å². The van der Waals surface area contributed by atoms with Gasteiger partial charge in [-0.1, -0.05) is 0 Å². The quantitative estimate of drug-likeness (QED) is 0.347. The molecule has 1 heterocycles. The summed E-state index contributed by atoms with van der Waals surface area (Å²) in [5, 5.41) is 0.425. The van der Waals surface area contributed by atoms with Gasteiger partial charge >= 0.3 is 0 Å². The van der Waals surface area contributed by atoms with Gasteiger partial charge in [0.15, 0.2) is 13.6 Å². The van der Waals surface area contributed by atoms with Gasteiger partial charge in [-0.2, -0.15) is 0 Å². The molecule has 1 aromatic heterocycles. The van der Waals surface area contributed by atoms with Gasteiger partial charge in [0.25, 0.3) is 0 Å². The smallest absolute Gasteiger partial charge is 0.200 e. The molecule has 0 saturated heterocycles. The van der Waals surface area contributed by atoms with Gasteiger partial charge in [0, 0.05) is 31.9 Å². The third-order valence-electron chi connectivity index (χ3n) is 4.30. The SMILES string of the molecule is COCCOCOc1ccc2c(=O)c(-c3ccc(OC)cc3OCOC)coc2c1. The summed E-state index contributed by atoms with van der Waals surface area (Å²) in [5.74, 6) is 1.59. The van der Waals surface area contributed by atoms with Crippen molar-refractivity contribution < 1.29 is 32.8 Å². The average Bonchev–Trinajstić information content (AvgIpc) is 2.78. The lowest BCUT2D eigenvalue weighted by Crippen LogP contribution is -2.09. The minimum absolute atomic E-state index is 0.0340. The van der Waals surface area contributed by atoms with Gasteiger partial charge in [-0.05, 0) is 24.3 Å². The molecule has 0 amide bonds. The van der Waals surface area contributed by atoms with Gasteiger partial charge in [0.2, 0.25) is 5.43 Å². The molecular weight excluding hydrogens is 392 g/mol. The summed E-state index contributed by atoms with van der Waals surface area (Å²) in [7, 11) is 4.68. The highest BCUT2D eigenvalue weighted by Crippen LogP contribution is 2.33. The van der Waals surface area contributed by atoms with E-state index in [1.54, 1.807) is 50.6 Å². The van der Waals surface area contributed by atoms with Crippen molar-refractivity contribution in [3.63, 3.8) is 0 Å². The Labute approximate surface area is 173 Å². The van der Waals surface area contributed by atoms with Crippen molar-refractivity contribution in [3.05, 3.63) is 52.9 Å². The third kappa shape index (κ3) is 5.10. The second-order valence-corrected chi connectivity index (χ2v) is 6.21. The Bertz CT molecular complexity index is 1030. The summed E-state index contributed by atoms with van der Waals surface area (Å²) >= 11 is 0. The van der Waals surface area contributed by atoms with Crippen LogP contribution in [0.4, 0.5) is 0 Å². The number of methoxy groups -OCH3 is 3. The van der Waals surface area contributed by atoms with Gasteiger partial charge < -0.3 is 32.8 Å². The van der Waals surface area contributed by atoms with E-state index in [9.17, 15) is 4.79 Å². The fraction of sp³-hybridized carbons (Fsp3) is 0.318. The van der Waals surface area contributed by atoms with E-state index in [4.69, 9.17) is 32.8 Å². The van der Waals surface area contributed by atoms with E-state index in [1.807, 2.05) is 0 Å². The molecule has 0 saturated carbocycles. The van der Waals surface area contributed by atoms with Crippen LogP contribution < -0.4 is 19.6 Å². The Morgan fingerprint density at radius 1 is 0.833 bits per heavy atom. The van der Waals surface area contributed by atoms with E-state index in [0.29, 0.717) is 52.6 Å². The first-order valence-electron chi connectivity index (χ1n) is 9.23. The van der Waals surface area contributed by atoms with Crippen molar-refractivity contribution in [1.29, 1.82) is 0 Å². The maximum atomic E-state index is 13.1. The Morgan fingerprint density at radius 2 is 1.67 bits per heavy atom. The second-order valence-electron chi connectivity index (χ2n) is 6.21. The van der Waals surface area contributed by atoms with Gasteiger partial charge in [0.05, 0.1) is 31.3 Å². The monoisotopic (exact) mass is 416 g/mol. The van der Waals surface area contributed by atoms with Crippen molar-refractivity contribution in [2.45, 2.75) is 0 Å². The lowest BCUT2D eigenvalue weighted by atomic mass is 10.0. The zero-order valence-electron chi connectivity index (χ0n) is 17.1. The number of rotatable bonds is 11. The molecule has 0 spiro atoms. The van der Waals surface area contributed by atoms with Gasteiger partial charge in [-0.25, -0.2) is 0 Å². The molecule has 3 rings (SSSR count). The maximum Gasteiger partial charge on any atom is 0.200 e. The van der Waals surface area contributed by atoms with Crippen LogP contribution >= 0.6 is 0 Å². The standard InChI is InChI=1S/C22H24O8/c1-24-8-9-27-14-29-16-5-7-18-21(11-16)28-12-19(22(18)23)17-6-4-15(26-3)10-20(17)30-13-25-2/h4-7,10-12H,8-9,13-14H2,1-3H3. The van der Waals surface area contributed by atoms with Crippen molar-refractivity contribution in [2.24, 2.45) is 0 Å². The first-order chi connectivity index (χ1) is 14.7. The Morgan fingerprint density at radius 3 is 2.43 bits per heavy atom. The predicted molar refractivity (Wildman–Crippen MR) is 110 cm³/mol. The van der Waals surface area contributed by atoms with Crippen LogP contribution in [0.3, 0.4) is 0 Å². The average molecular weight is 416 g/mol. The number of hydrogen-bond acceptors (Lipinski definition) is 8. The second kappa shape index (κ2) is 10.6. The molecule has 160 valence electrons. The molecular formula is C22H24O8. The zero-order chi connectivity index (χ0) is 21.3. The fourth-order valence-electron chi connectivity index (χ4n) is 2.79. The molecule has 0 radical (unpaired) electrons. The van der Waals surface area contributed by atoms with Crippen LogP contribution in [-0.2, 0) is 14.2 Å². The summed E-state index contributed by atoms with van der Waals surface area (Å²) in [4.78, 5) is 13.1. The molecule has 0 N–H and O–H groups in total. The summed E-state index contributed by atoms with van der Waals surface area (Å²) in [5.41, 5.74) is 1.17. The van der Waals surface area contributed by atoms with E-state index in [-0.39, 0.29) is 19.0 Å². The van der Waals surface area contributed by atoms with Crippen LogP contribution in [-0.4, -0.2) is 48.1 Å². The van der Waals surface area contributed by atoms with Crippen LogP contribution in [0.5, 0.6) is 17.2 Å². The first kappa shape index (κ1) is 21.6. The summed E-state index contributed by atoms with van der Waals surface area (Å²) in [6.45, 7) is 1.02. The zero-order valence-corrected chi connectivity index (χ0v) is 17.1. The molecule has 0 fully saturated rings. The molecule has 0 aliphatic carbocycles. The molecule has 0 aliphatic rings. The van der Waals surface area contributed by atoms with Crippen molar-refractivity contribution in [3.8, 4) is 28.4 Å². The first-order valence-corrected chi connectivity index (χ1v) is 9.23. The van der Waals surface area contributed by atoms with Gasteiger partial charge in [-0.3, -0.25) is 4.79 Å². The third-order valence-corrected chi connectivity index (χ3v) is 4.30. The van der Waals surface area contributed by atoms with Gasteiger partial charge in [0.1, 0.15) is 29.1 Å². The highest BCUT2D eigenvalue weighted by Gasteiger charge is 2.15. The molecule has 2 aromatic carbocycles. The van der Waals surface area contributed by atoms with E-state index >= 15 is 0 Å². The summed E-state index contributed by atoms with van der Waals surface area (Å²) < 4.78 is 37.3. The molecule has 0 aliphatic heterocycles. The van der Waals surface area contributed by atoms with Crippen molar-refractivity contribution in [1.82, 2.24) is 0 Å². The lowest BCUT2D eigenvalue weighted by Gasteiger charge is -2.12. The molecule has 3 aromatic rings. The van der Waals surface area contributed by atoms with Crippen LogP contribution in [0.25, 0.3) is 22.1 Å². The van der Waals surface area contributed by atoms with E-state index < -0.39 is 0 Å². The van der Waals surface area contributed by atoms with Gasteiger partial charge in [-0.15, -0.1) is 0 Å². The normalized spacial score (nSPS) is 10.9. The fourth-order valence-corrected chi connectivity index (χ4v) is 2.79.